The van der Waals surface area contributed by atoms with Crippen molar-refractivity contribution in [2.24, 2.45) is 7.05 Å². The lowest BCUT2D eigenvalue weighted by Crippen LogP contribution is -2.24. The number of amides is 1. The second-order valence-electron chi connectivity index (χ2n) is 5.58. The summed E-state index contributed by atoms with van der Waals surface area (Å²) in [6.45, 7) is 0.793. The first-order valence-electron chi connectivity index (χ1n) is 7.84. The van der Waals surface area contributed by atoms with Crippen LogP contribution >= 0.6 is 11.6 Å². The van der Waals surface area contributed by atoms with Crippen LogP contribution in [0.1, 0.15) is 21.6 Å². The van der Waals surface area contributed by atoms with E-state index >= 15 is 0 Å². The Bertz CT molecular complexity index is 876. The molecule has 1 heterocycles. The fraction of sp³-hybridized carbons (Fsp3) is 0.158. The van der Waals surface area contributed by atoms with Gasteiger partial charge in [-0.3, -0.25) is 9.48 Å². The number of benzene rings is 2. The Morgan fingerprint density at radius 2 is 2.04 bits per heavy atom. The summed E-state index contributed by atoms with van der Waals surface area (Å²) in [6.07, 6.45) is 1.70. The molecule has 0 aliphatic rings. The zero-order valence-corrected chi connectivity index (χ0v) is 14.5. The molecule has 0 fully saturated rings. The van der Waals surface area contributed by atoms with E-state index in [1.54, 1.807) is 29.1 Å². The lowest BCUT2D eigenvalue weighted by Gasteiger charge is -2.09. The van der Waals surface area contributed by atoms with Crippen molar-refractivity contribution < 1.29 is 9.53 Å². The topological polar surface area (TPSA) is 56.2 Å². The number of halogens is 1. The van der Waals surface area contributed by atoms with Gasteiger partial charge in [0.2, 0.25) is 0 Å². The van der Waals surface area contributed by atoms with Crippen LogP contribution in [0, 0.1) is 0 Å². The van der Waals surface area contributed by atoms with Crippen molar-refractivity contribution in [2.45, 2.75) is 13.2 Å². The summed E-state index contributed by atoms with van der Waals surface area (Å²) in [7, 11) is 1.84. The van der Waals surface area contributed by atoms with Gasteiger partial charge >= 0.3 is 0 Å². The van der Waals surface area contributed by atoms with Crippen LogP contribution in [-0.2, 0) is 20.2 Å². The lowest BCUT2D eigenvalue weighted by atomic mass is 10.1. The van der Waals surface area contributed by atoms with Crippen LogP contribution in [0.5, 0.6) is 5.75 Å². The highest BCUT2D eigenvalue weighted by molar-refractivity contribution is 6.30. The number of aryl methyl sites for hydroxylation is 1. The Balaban J connectivity index is 1.60. The Morgan fingerprint density at radius 1 is 1.20 bits per heavy atom. The molecule has 0 radical (unpaired) electrons. The van der Waals surface area contributed by atoms with E-state index in [1.165, 1.54) is 0 Å². The van der Waals surface area contributed by atoms with Crippen molar-refractivity contribution in [2.75, 3.05) is 0 Å². The van der Waals surface area contributed by atoms with Gasteiger partial charge in [-0.2, -0.15) is 5.10 Å². The number of hydrogen-bond acceptors (Lipinski definition) is 3. The summed E-state index contributed by atoms with van der Waals surface area (Å²) in [5.41, 5.74) is 2.44. The van der Waals surface area contributed by atoms with Gasteiger partial charge in [0.1, 0.15) is 12.4 Å². The molecule has 0 unspecified atom stereocenters. The molecule has 1 aromatic heterocycles. The molecule has 128 valence electrons. The quantitative estimate of drug-likeness (QED) is 0.735. The first-order valence-corrected chi connectivity index (χ1v) is 8.22. The molecule has 2 aromatic carbocycles. The average molecular weight is 356 g/mol. The van der Waals surface area contributed by atoms with Gasteiger partial charge in [-0.25, -0.2) is 0 Å². The van der Waals surface area contributed by atoms with Crippen molar-refractivity contribution in [3.63, 3.8) is 0 Å². The van der Waals surface area contributed by atoms with E-state index in [9.17, 15) is 4.79 Å². The number of rotatable bonds is 6. The number of hydrogen-bond donors (Lipinski definition) is 1. The Morgan fingerprint density at radius 3 is 2.80 bits per heavy atom. The average Bonchev–Trinajstić information content (AvgIpc) is 3.03. The zero-order chi connectivity index (χ0) is 17.6. The second kappa shape index (κ2) is 7.85. The van der Waals surface area contributed by atoms with E-state index in [0.29, 0.717) is 29.5 Å². The summed E-state index contributed by atoms with van der Waals surface area (Å²) in [6, 6.07) is 16.5. The molecule has 0 saturated carbocycles. The van der Waals surface area contributed by atoms with Crippen LogP contribution in [-0.4, -0.2) is 15.7 Å². The number of aromatic nitrogens is 2. The predicted molar refractivity (Wildman–Crippen MR) is 96.6 cm³/mol. The number of carbonyl (C=O) groups is 1. The minimum absolute atomic E-state index is 0.134. The largest absolute Gasteiger partial charge is 0.489 e. The third-order valence-electron chi connectivity index (χ3n) is 3.74. The smallest absolute Gasteiger partial charge is 0.251 e. The first-order chi connectivity index (χ1) is 12.1. The molecular formula is C19H18ClN3O2. The fourth-order valence-corrected chi connectivity index (χ4v) is 2.55. The van der Waals surface area contributed by atoms with Gasteiger partial charge < -0.3 is 10.1 Å². The third kappa shape index (κ3) is 4.61. The zero-order valence-electron chi connectivity index (χ0n) is 13.8. The van der Waals surface area contributed by atoms with E-state index in [0.717, 1.165) is 11.3 Å². The van der Waals surface area contributed by atoms with Gasteiger partial charge in [0.25, 0.3) is 5.91 Å². The van der Waals surface area contributed by atoms with Crippen LogP contribution < -0.4 is 10.1 Å². The first kappa shape index (κ1) is 17.0. The Kier molecular flexibility index (Phi) is 5.36. The maximum Gasteiger partial charge on any atom is 0.251 e. The number of nitrogens with one attached hydrogen (secondary N) is 1. The van der Waals surface area contributed by atoms with Crippen LogP contribution in [0.2, 0.25) is 5.02 Å². The fourth-order valence-electron chi connectivity index (χ4n) is 2.37. The number of carbonyl (C=O) groups excluding carboxylic acids is 1. The summed E-state index contributed by atoms with van der Waals surface area (Å²) in [5.74, 6) is 0.560. The van der Waals surface area contributed by atoms with Gasteiger partial charge in [-0.1, -0.05) is 29.8 Å². The minimum atomic E-state index is -0.134. The molecule has 3 rings (SSSR count). The van der Waals surface area contributed by atoms with Gasteiger partial charge in [-0.05, 0) is 42.0 Å². The van der Waals surface area contributed by atoms with Crippen LogP contribution in [0.4, 0.5) is 0 Å². The maximum atomic E-state index is 12.3. The second-order valence-corrected chi connectivity index (χ2v) is 6.01. The minimum Gasteiger partial charge on any atom is -0.489 e. The van der Waals surface area contributed by atoms with E-state index < -0.39 is 0 Å². The molecule has 1 amide bonds. The van der Waals surface area contributed by atoms with E-state index in [4.69, 9.17) is 16.3 Å². The highest BCUT2D eigenvalue weighted by Gasteiger charge is 2.08. The highest BCUT2D eigenvalue weighted by atomic mass is 35.5. The summed E-state index contributed by atoms with van der Waals surface area (Å²) < 4.78 is 7.45. The van der Waals surface area contributed by atoms with E-state index in [2.05, 4.69) is 10.4 Å². The lowest BCUT2D eigenvalue weighted by molar-refractivity contribution is 0.0950. The summed E-state index contributed by atoms with van der Waals surface area (Å²) in [4.78, 5) is 12.3. The van der Waals surface area contributed by atoms with Crippen LogP contribution in [0.25, 0.3) is 0 Å². The SMILES string of the molecule is Cn1nccc1CNC(=O)c1cccc(COc2cccc(Cl)c2)c1. The number of nitrogens with zero attached hydrogens (tertiary/aromatic N) is 2. The van der Waals surface area contributed by atoms with Gasteiger partial charge in [0.15, 0.2) is 0 Å². The molecule has 0 atom stereocenters. The van der Waals surface area contributed by atoms with Crippen molar-refractivity contribution >= 4 is 17.5 Å². The predicted octanol–water partition coefficient (Wildman–Crippen LogP) is 3.58. The van der Waals surface area contributed by atoms with Gasteiger partial charge in [0.05, 0.1) is 12.2 Å². The highest BCUT2D eigenvalue weighted by Crippen LogP contribution is 2.18. The summed E-state index contributed by atoms with van der Waals surface area (Å²) in [5, 5.41) is 7.60. The molecule has 0 spiro atoms. The molecule has 0 bridgehead atoms. The summed E-state index contributed by atoms with van der Waals surface area (Å²) >= 11 is 5.94. The van der Waals surface area contributed by atoms with Crippen LogP contribution in [0.15, 0.2) is 60.8 Å². The van der Waals surface area contributed by atoms with Crippen molar-refractivity contribution in [3.8, 4) is 5.75 Å². The number of ether oxygens (including phenoxy) is 1. The molecule has 6 heteroatoms. The van der Waals surface area contributed by atoms with Crippen LogP contribution in [0.3, 0.4) is 0 Å². The van der Waals surface area contributed by atoms with E-state index in [1.807, 2.05) is 43.4 Å². The molecule has 0 aliphatic heterocycles. The third-order valence-corrected chi connectivity index (χ3v) is 3.98. The molecule has 0 saturated heterocycles. The maximum absolute atomic E-state index is 12.3. The molecule has 3 aromatic rings. The normalized spacial score (nSPS) is 10.5. The molecule has 1 N–H and O–H groups in total. The monoisotopic (exact) mass is 355 g/mol. The van der Waals surface area contributed by atoms with Gasteiger partial charge in [-0.15, -0.1) is 0 Å². The Labute approximate surface area is 151 Å². The molecule has 25 heavy (non-hydrogen) atoms. The Hall–Kier alpha value is -2.79. The standard InChI is InChI=1S/C19H18ClN3O2/c1-23-17(8-9-22-23)12-21-19(24)15-5-2-4-14(10-15)13-25-18-7-3-6-16(20)11-18/h2-11H,12-13H2,1H3,(H,21,24). The molecule has 5 nitrogen and oxygen atoms in total. The molecular weight excluding hydrogens is 338 g/mol. The van der Waals surface area contributed by atoms with Crippen molar-refractivity contribution in [1.82, 2.24) is 15.1 Å². The van der Waals surface area contributed by atoms with Gasteiger partial charge in [0, 0.05) is 23.8 Å². The van der Waals surface area contributed by atoms with Crippen molar-refractivity contribution in [1.29, 1.82) is 0 Å². The van der Waals surface area contributed by atoms with Crippen molar-refractivity contribution in [3.05, 3.63) is 82.6 Å². The molecule has 0 aliphatic carbocycles. The van der Waals surface area contributed by atoms with E-state index in [-0.39, 0.29) is 5.91 Å².